The van der Waals surface area contributed by atoms with Gasteiger partial charge in [0.25, 0.3) is 0 Å². The van der Waals surface area contributed by atoms with Crippen molar-refractivity contribution in [3.8, 4) is 23.7 Å². The minimum atomic E-state index is 0.202. The number of hydrogen-bond acceptors (Lipinski definition) is 4. The summed E-state index contributed by atoms with van der Waals surface area (Å²) in [6.45, 7) is 4.49. The molecule has 0 heterocycles. The van der Waals surface area contributed by atoms with E-state index < -0.39 is 0 Å². The van der Waals surface area contributed by atoms with Crippen LogP contribution in [0.1, 0.15) is 89.1 Å². The summed E-state index contributed by atoms with van der Waals surface area (Å²) in [5, 5.41) is 4.85. The second-order valence-corrected chi connectivity index (χ2v) is 12.3. The topological polar surface area (TPSA) is 24.7 Å². The summed E-state index contributed by atoms with van der Waals surface area (Å²) in [7, 11) is 0. The van der Waals surface area contributed by atoms with Crippen molar-refractivity contribution in [1.82, 2.24) is 0 Å². The number of hydrogen-bond donors (Lipinski definition) is 0. The third-order valence-corrected chi connectivity index (χ3v) is 8.94. The fourth-order valence-corrected chi connectivity index (χ4v) is 6.60. The molecule has 4 heteroatoms. The highest BCUT2D eigenvalue weighted by Gasteiger charge is 2.27. The molecule has 0 fully saturated rings. The number of fused-ring (bicyclic) bond motifs is 2. The maximum atomic E-state index is 4.74. The maximum Gasteiger partial charge on any atom is 0.0740 e. The van der Waals surface area contributed by atoms with E-state index in [0.29, 0.717) is 0 Å². The molecule has 1 unspecified atom stereocenters. The molecule has 2 aliphatic carbocycles. The van der Waals surface area contributed by atoms with Crippen molar-refractivity contribution in [2.75, 3.05) is 0 Å². The van der Waals surface area contributed by atoms with Crippen molar-refractivity contribution in [2.24, 2.45) is 9.98 Å². The fourth-order valence-electron chi connectivity index (χ4n) is 6.39. The van der Waals surface area contributed by atoms with E-state index in [1.165, 1.54) is 44.5 Å². The molecule has 6 rings (SSSR count). The summed E-state index contributed by atoms with van der Waals surface area (Å²) in [6.07, 6.45) is 10.6. The lowest BCUT2D eigenvalue weighted by atomic mass is 9.74. The number of isothiocyanates is 2. The minimum absolute atomic E-state index is 0.202. The first-order valence-electron chi connectivity index (χ1n) is 16.2. The van der Waals surface area contributed by atoms with Crippen LogP contribution in [0.2, 0.25) is 0 Å². The molecule has 0 aromatic heterocycles. The number of nitrogens with zero attached hydrogens (tertiary/aromatic N) is 2. The molecule has 0 saturated carbocycles. The number of aryl methyl sites for hydroxylation is 3. The van der Waals surface area contributed by atoms with Crippen LogP contribution in [0.25, 0.3) is 12.2 Å². The Balaban J connectivity index is 1.41. The Morgan fingerprint density at radius 3 is 1.91 bits per heavy atom. The number of allylic oxidation sites excluding steroid dienone is 2. The van der Waals surface area contributed by atoms with Crippen molar-refractivity contribution in [1.29, 1.82) is 0 Å². The Morgan fingerprint density at radius 1 is 0.660 bits per heavy atom. The van der Waals surface area contributed by atoms with Gasteiger partial charge in [-0.3, -0.25) is 0 Å². The third kappa shape index (κ3) is 7.73. The first-order chi connectivity index (χ1) is 23.1. The van der Waals surface area contributed by atoms with Gasteiger partial charge in [-0.2, -0.15) is 9.98 Å². The monoisotopic (exact) mass is 642 g/mol. The lowest BCUT2D eigenvalue weighted by Gasteiger charge is -2.29. The molecule has 0 spiro atoms. The van der Waals surface area contributed by atoms with E-state index >= 15 is 0 Å². The van der Waals surface area contributed by atoms with E-state index in [2.05, 4.69) is 100 Å². The Bertz CT molecular complexity index is 2110. The van der Waals surface area contributed by atoms with E-state index in [0.717, 1.165) is 66.6 Å². The van der Waals surface area contributed by atoms with Crippen molar-refractivity contribution < 1.29 is 0 Å². The molecule has 0 N–H and O–H groups in total. The molecule has 2 aliphatic rings. The average Bonchev–Trinajstić information content (AvgIpc) is 3.10. The van der Waals surface area contributed by atoms with Gasteiger partial charge in [-0.15, -0.1) is 0 Å². The lowest BCUT2D eigenvalue weighted by molar-refractivity contribution is 0.785. The van der Waals surface area contributed by atoms with E-state index in [9.17, 15) is 0 Å². The maximum absolute atomic E-state index is 4.74. The van der Waals surface area contributed by atoms with Gasteiger partial charge in [0.1, 0.15) is 0 Å². The summed E-state index contributed by atoms with van der Waals surface area (Å²) in [6, 6.07) is 27.5. The van der Waals surface area contributed by atoms with Crippen LogP contribution in [0.4, 0.5) is 11.4 Å². The van der Waals surface area contributed by atoms with Gasteiger partial charge in [-0.05, 0) is 156 Å². The van der Waals surface area contributed by atoms with Gasteiger partial charge in [0, 0.05) is 28.2 Å². The van der Waals surface area contributed by atoms with Crippen molar-refractivity contribution in [3.63, 3.8) is 0 Å². The van der Waals surface area contributed by atoms with Crippen molar-refractivity contribution >= 4 is 58.3 Å². The normalized spacial score (nSPS) is 14.3. The number of thiocarbonyl (C=S) groups is 2. The number of benzene rings is 4. The third-order valence-electron chi connectivity index (χ3n) is 8.76. The van der Waals surface area contributed by atoms with Gasteiger partial charge >= 0.3 is 0 Å². The van der Waals surface area contributed by atoms with Gasteiger partial charge in [0.05, 0.1) is 21.7 Å². The summed E-state index contributed by atoms with van der Waals surface area (Å²) >= 11 is 9.48. The van der Waals surface area contributed by atoms with Crippen LogP contribution in [0, 0.1) is 23.7 Å². The molecule has 2 nitrogen and oxygen atoms in total. The van der Waals surface area contributed by atoms with Crippen molar-refractivity contribution in [3.05, 3.63) is 140 Å². The molecule has 0 aliphatic heterocycles. The molecular weight excluding hydrogens is 609 g/mol. The average molecular weight is 643 g/mol. The Hall–Kier alpha value is -4.92. The molecule has 0 amide bonds. The number of aliphatic imine (C=N–C) groups is 2. The highest BCUT2D eigenvalue weighted by molar-refractivity contribution is 7.78. The lowest BCUT2D eigenvalue weighted by Crippen LogP contribution is -2.14. The SMILES string of the molecule is CCCc1cc2c(c(C3CC(C#Cc4ccc(N=C=S)cc4)=Cc4ccc(CC)cc43)c1)C=C(C#Cc1ccc(N=C=S)cc1)CC2. The van der Waals surface area contributed by atoms with Gasteiger partial charge in [-0.1, -0.05) is 74.3 Å². The molecule has 4 aromatic rings. The quantitative estimate of drug-likeness (QED) is 0.119. The molecular formula is C43H34N2S2. The number of rotatable bonds is 6. The van der Waals surface area contributed by atoms with E-state index in [4.69, 9.17) is 24.4 Å². The zero-order valence-corrected chi connectivity index (χ0v) is 28.3. The van der Waals surface area contributed by atoms with Crippen LogP contribution in [-0.4, -0.2) is 10.3 Å². The van der Waals surface area contributed by atoms with Gasteiger partial charge < -0.3 is 0 Å². The summed E-state index contributed by atoms with van der Waals surface area (Å²) in [5.41, 5.74) is 15.3. The molecule has 0 radical (unpaired) electrons. The van der Waals surface area contributed by atoms with Gasteiger partial charge in [0.2, 0.25) is 0 Å². The highest BCUT2D eigenvalue weighted by atomic mass is 32.1. The zero-order chi connectivity index (χ0) is 32.6. The fraction of sp³-hybridized carbons (Fsp3) is 0.209. The van der Waals surface area contributed by atoms with Crippen LogP contribution < -0.4 is 0 Å². The largest absolute Gasteiger partial charge is 0.195 e. The van der Waals surface area contributed by atoms with Crippen LogP contribution in [0.5, 0.6) is 0 Å². The summed E-state index contributed by atoms with van der Waals surface area (Å²) in [5.74, 6) is 14.0. The van der Waals surface area contributed by atoms with Crippen LogP contribution >= 0.6 is 24.4 Å². The molecule has 0 bridgehead atoms. The summed E-state index contributed by atoms with van der Waals surface area (Å²) in [4.78, 5) is 8.11. The standard InChI is InChI=1S/C43H34N2S2/c1-3-5-34-22-37-17-11-33(8-6-31-12-18-38(19-13-31)44-28-46)25-41(37)42(26-34)43-27-35(23-36-16-10-30(4-2)24-40(36)43)9-7-32-14-20-39(21-15-32)45-29-47/h10,12-16,18-26,43H,3-5,11,17,27H2,1-2H3. The summed E-state index contributed by atoms with van der Waals surface area (Å²) < 4.78 is 0. The zero-order valence-electron chi connectivity index (χ0n) is 26.7. The Labute approximate surface area is 289 Å². The van der Waals surface area contributed by atoms with Crippen LogP contribution in [0.3, 0.4) is 0 Å². The van der Waals surface area contributed by atoms with E-state index in [1.54, 1.807) is 0 Å². The smallest absolute Gasteiger partial charge is 0.0740 e. The van der Waals surface area contributed by atoms with Gasteiger partial charge in [-0.25, -0.2) is 0 Å². The highest BCUT2D eigenvalue weighted by Crippen LogP contribution is 2.43. The van der Waals surface area contributed by atoms with Crippen LogP contribution in [-0.2, 0) is 19.3 Å². The predicted molar refractivity (Wildman–Crippen MR) is 203 cm³/mol. The van der Waals surface area contributed by atoms with E-state index in [1.807, 2.05) is 48.5 Å². The predicted octanol–water partition coefficient (Wildman–Crippen LogP) is 11.0. The van der Waals surface area contributed by atoms with Crippen LogP contribution in [0.15, 0.2) is 100.0 Å². The Kier molecular flexibility index (Phi) is 10.3. The first-order valence-corrected chi connectivity index (χ1v) is 17.0. The molecule has 228 valence electrons. The first kappa shape index (κ1) is 32.0. The second kappa shape index (κ2) is 15.1. The molecule has 4 aromatic carbocycles. The molecule has 0 saturated heterocycles. The van der Waals surface area contributed by atoms with Crippen molar-refractivity contribution in [2.45, 2.75) is 58.3 Å². The molecule has 1 atom stereocenters. The molecule has 47 heavy (non-hydrogen) atoms. The van der Waals surface area contributed by atoms with E-state index in [-0.39, 0.29) is 5.92 Å². The Morgan fingerprint density at radius 2 is 1.30 bits per heavy atom. The minimum Gasteiger partial charge on any atom is -0.195 e. The second-order valence-electron chi connectivity index (χ2n) is 11.9. The van der Waals surface area contributed by atoms with Gasteiger partial charge in [0.15, 0.2) is 0 Å².